The first-order valence-electron chi connectivity index (χ1n) is 5.47. The molecule has 0 radical (unpaired) electrons. The van der Waals surface area contributed by atoms with Gasteiger partial charge in [0.1, 0.15) is 0 Å². The summed E-state index contributed by atoms with van der Waals surface area (Å²) in [5.41, 5.74) is 2.27. The fraction of sp³-hybridized carbons (Fsp3) is 0. The predicted molar refractivity (Wildman–Crippen MR) is 73.9 cm³/mol. The number of fused-ring (bicyclic) bond motifs is 1. The summed E-state index contributed by atoms with van der Waals surface area (Å²) in [5.74, 6) is 0. The molecule has 18 heavy (non-hydrogen) atoms. The van der Waals surface area contributed by atoms with Crippen LogP contribution in [-0.2, 0) is 0 Å². The Bertz CT molecular complexity index is 716. The molecule has 0 saturated carbocycles. The first-order chi connectivity index (χ1) is 8.75. The van der Waals surface area contributed by atoms with Gasteiger partial charge in [-0.05, 0) is 29.1 Å². The van der Waals surface area contributed by atoms with E-state index in [1.165, 1.54) is 10.1 Å². The van der Waals surface area contributed by atoms with Crippen molar-refractivity contribution in [3.05, 3.63) is 64.0 Å². The van der Waals surface area contributed by atoms with Gasteiger partial charge in [-0.3, -0.25) is 10.1 Å². The minimum absolute atomic E-state index is 0.123. The molecular weight excluding hydrogens is 246 g/mol. The highest BCUT2D eigenvalue weighted by molar-refractivity contribution is 7.17. The topological polar surface area (TPSA) is 43.1 Å². The van der Waals surface area contributed by atoms with E-state index in [2.05, 4.69) is 17.5 Å². The van der Waals surface area contributed by atoms with Crippen molar-refractivity contribution in [3.63, 3.8) is 0 Å². The number of nitro groups is 1. The number of nitrogens with zero attached hydrogens (tertiary/aromatic N) is 1. The number of thiophene rings is 1. The molecule has 0 spiro atoms. The van der Waals surface area contributed by atoms with Crippen LogP contribution in [0.3, 0.4) is 0 Å². The van der Waals surface area contributed by atoms with Crippen molar-refractivity contribution in [1.82, 2.24) is 0 Å². The third-order valence-electron chi connectivity index (χ3n) is 2.87. The van der Waals surface area contributed by atoms with Gasteiger partial charge in [-0.25, -0.2) is 0 Å². The Morgan fingerprint density at radius 2 is 1.72 bits per heavy atom. The van der Waals surface area contributed by atoms with Gasteiger partial charge in [0, 0.05) is 27.8 Å². The Balaban J connectivity index is 2.12. The van der Waals surface area contributed by atoms with Crippen LogP contribution in [0.1, 0.15) is 0 Å². The lowest BCUT2D eigenvalue weighted by atomic mass is 10.0. The van der Waals surface area contributed by atoms with Gasteiger partial charge >= 0.3 is 0 Å². The van der Waals surface area contributed by atoms with Gasteiger partial charge in [-0.15, -0.1) is 11.3 Å². The zero-order valence-corrected chi connectivity index (χ0v) is 10.2. The summed E-state index contributed by atoms with van der Waals surface area (Å²) in [6.07, 6.45) is 0. The Hall–Kier alpha value is -2.20. The Labute approximate surface area is 107 Å². The van der Waals surface area contributed by atoms with Crippen molar-refractivity contribution in [2.75, 3.05) is 0 Å². The maximum atomic E-state index is 10.6. The molecule has 2 aromatic carbocycles. The number of hydrogen-bond acceptors (Lipinski definition) is 3. The zero-order valence-electron chi connectivity index (χ0n) is 9.37. The van der Waals surface area contributed by atoms with Crippen molar-refractivity contribution in [3.8, 4) is 11.1 Å². The third kappa shape index (κ3) is 1.76. The zero-order chi connectivity index (χ0) is 12.5. The summed E-state index contributed by atoms with van der Waals surface area (Å²) in [4.78, 5) is 10.2. The van der Waals surface area contributed by atoms with Crippen molar-refractivity contribution in [1.29, 1.82) is 0 Å². The number of benzene rings is 2. The molecule has 4 heteroatoms. The van der Waals surface area contributed by atoms with Crippen LogP contribution in [0.15, 0.2) is 53.9 Å². The van der Waals surface area contributed by atoms with E-state index in [4.69, 9.17) is 0 Å². The quantitative estimate of drug-likeness (QED) is 0.500. The van der Waals surface area contributed by atoms with Gasteiger partial charge in [-0.1, -0.05) is 18.2 Å². The second kappa shape index (κ2) is 4.23. The summed E-state index contributed by atoms with van der Waals surface area (Å²) >= 11 is 1.69. The number of hydrogen-bond donors (Lipinski definition) is 0. The van der Waals surface area contributed by atoms with E-state index in [1.54, 1.807) is 35.6 Å². The van der Waals surface area contributed by atoms with E-state index < -0.39 is 0 Å². The average Bonchev–Trinajstić information content (AvgIpc) is 2.82. The molecule has 0 fully saturated rings. The lowest BCUT2D eigenvalue weighted by molar-refractivity contribution is -0.384. The van der Waals surface area contributed by atoms with Crippen LogP contribution in [0.5, 0.6) is 0 Å². The summed E-state index contributed by atoms with van der Waals surface area (Å²) in [6.45, 7) is 0. The van der Waals surface area contributed by atoms with Crippen LogP contribution in [0.4, 0.5) is 5.69 Å². The van der Waals surface area contributed by atoms with Crippen molar-refractivity contribution >= 4 is 27.1 Å². The van der Waals surface area contributed by atoms with E-state index in [9.17, 15) is 10.1 Å². The lowest BCUT2D eigenvalue weighted by Gasteiger charge is -1.99. The minimum atomic E-state index is -0.379. The molecule has 0 aliphatic carbocycles. The smallest absolute Gasteiger partial charge is 0.258 e. The highest BCUT2D eigenvalue weighted by atomic mass is 32.1. The van der Waals surface area contributed by atoms with Gasteiger partial charge in [0.05, 0.1) is 4.92 Å². The van der Waals surface area contributed by atoms with E-state index in [1.807, 2.05) is 12.1 Å². The van der Waals surface area contributed by atoms with E-state index in [0.717, 1.165) is 11.1 Å². The number of non-ortho nitro benzene ring substituents is 1. The Morgan fingerprint density at radius 3 is 2.44 bits per heavy atom. The summed E-state index contributed by atoms with van der Waals surface area (Å²) in [5, 5.41) is 13.9. The van der Waals surface area contributed by atoms with E-state index in [-0.39, 0.29) is 10.6 Å². The molecule has 3 nitrogen and oxygen atoms in total. The summed E-state index contributed by atoms with van der Waals surface area (Å²) in [6, 6.07) is 14.8. The molecule has 0 amide bonds. The Morgan fingerprint density at radius 1 is 1.00 bits per heavy atom. The monoisotopic (exact) mass is 255 g/mol. The highest BCUT2D eigenvalue weighted by Crippen LogP contribution is 2.34. The fourth-order valence-corrected chi connectivity index (χ4v) is 2.93. The van der Waals surface area contributed by atoms with Gasteiger partial charge in [0.25, 0.3) is 5.69 Å². The Kier molecular flexibility index (Phi) is 2.57. The van der Waals surface area contributed by atoms with Crippen LogP contribution < -0.4 is 0 Å². The van der Waals surface area contributed by atoms with Crippen LogP contribution in [-0.4, -0.2) is 4.92 Å². The standard InChI is InChI=1S/C14H9NO2S/c16-15(17)11-7-5-10(6-8-11)13-9-18-14-4-2-1-3-12(13)14/h1-9H. The number of nitro benzene ring substituents is 1. The highest BCUT2D eigenvalue weighted by Gasteiger charge is 2.08. The van der Waals surface area contributed by atoms with Crippen LogP contribution in [0, 0.1) is 10.1 Å². The molecule has 3 aromatic rings. The van der Waals surface area contributed by atoms with Crippen LogP contribution in [0.2, 0.25) is 0 Å². The van der Waals surface area contributed by atoms with E-state index in [0.29, 0.717) is 0 Å². The molecule has 0 aliphatic rings. The third-order valence-corrected chi connectivity index (χ3v) is 3.83. The van der Waals surface area contributed by atoms with Crippen molar-refractivity contribution in [2.45, 2.75) is 0 Å². The first kappa shape index (κ1) is 10.9. The molecule has 0 aliphatic heterocycles. The number of rotatable bonds is 2. The molecule has 0 unspecified atom stereocenters. The van der Waals surface area contributed by atoms with Gasteiger partial charge in [0.15, 0.2) is 0 Å². The summed E-state index contributed by atoms with van der Waals surface area (Å²) < 4.78 is 1.23. The normalized spacial score (nSPS) is 10.7. The largest absolute Gasteiger partial charge is 0.269 e. The lowest BCUT2D eigenvalue weighted by Crippen LogP contribution is -1.86. The molecule has 0 N–H and O–H groups in total. The SMILES string of the molecule is O=[N+]([O-])c1ccc(-c2csc3ccccc23)cc1. The second-order valence-electron chi connectivity index (χ2n) is 3.95. The minimum Gasteiger partial charge on any atom is -0.258 e. The molecular formula is C14H9NO2S. The maximum Gasteiger partial charge on any atom is 0.269 e. The second-order valence-corrected chi connectivity index (χ2v) is 4.86. The molecule has 1 heterocycles. The fourth-order valence-electron chi connectivity index (χ4n) is 1.96. The van der Waals surface area contributed by atoms with Gasteiger partial charge in [-0.2, -0.15) is 0 Å². The van der Waals surface area contributed by atoms with E-state index >= 15 is 0 Å². The maximum absolute atomic E-state index is 10.6. The van der Waals surface area contributed by atoms with Gasteiger partial charge in [0.2, 0.25) is 0 Å². The predicted octanol–water partition coefficient (Wildman–Crippen LogP) is 4.48. The van der Waals surface area contributed by atoms with Crippen molar-refractivity contribution in [2.24, 2.45) is 0 Å². The van der Waals surface area contributed by atoms with Gasteiger partial charge < -0.3 is 0 Å². The van der Waals surface area contributed by atoms with Crippen LogP contribution >= 0.6 is 11.3 Å². The molecule has 88 valence electrons. The molecule has 3 rings (SSSR count). The average molecular weight is 255 g/mol. The van der Waals surface area contributed by atoms with Crippen LogP contribution in [0.25, 0.3) is 21.2 Å². The molecule has 0 atom stereocenters. The molecule has 0 bridgehead atoms. The molecule has 1 aromatic heterocycles. The summed E-state index contributed by atoms with van der Waals surface area (Å²) in [7, 11) is 0. The first-order valence-corrected chi connectivity index (χ1v) is 6.35. The van der Waals surface area contributed by atoms with Crippen molar-refractivity contribution < 1.29 is 4.92 Å². The molecule has 0 saturated heterocycles.